The number of hydrogen-bond acceptors (Lipinski definition) is 5. The van der Waals surface area contributed by atoms with Gasteiger partial charge in [0.05, 0.1) is 12.2 Å². The summed E-state index contributed by atoms with van der Waals surface area (Å²) in [4.78, 5) is 36.1. The van der Waals surface area contributed by atoms with Crippen LogP contribution in [0.1, 0.15) is 56.5 Å². The standard InChI is InChI=1S/C20H24O5/c1-13(2)24-18(22)20(19(23)25-14(3)4)10-9-17(11-20)16-7-5-15(12-21)6-8-16/h5-9,12-14H,10-11H2,1-4H3. The van der Waals surface area contributed by atoms with Crippen LogP contribution in [-0.2, 0) is 19.1 Å². The van der Waals surface area contributed by atoms with Gasteiger partial charge in [0.1, 0.15) is 6.29 Å². The van der Waals surface area contributed by atoms with Gasteiger partial charge in [-0.05, 0) is 51.7 Å². The monoisotopic (exact) mass is 344 g/mol. The quantitative estimate of drug-likeness (QED) is 0.448. The normalized spacial score (nSPS) is 15.8. The van der Waals surface area contributed by atoms with E-state index in [4.69, 9.17) is 9.47 Å². The van der Waals surface area contributed by atoms with Crippen LogP contribution in [0.4, 0.5) is 0 Å². The molecule has 0 bridgehead atoms. The van der Waals surface area contributed by atoms with E-state index < -0.39 is 17.4 Å². The minimum absolute atomic E-state index is 0.227. The maximum Gasteiger partial charge on any atom is 0.324 e. The van der Waals surface area contributed by atoms with Crippen molar-refractivity contribution >= 4 is 23.8 Å². The van der Waals surface area contributed by atoms with Crippen molar-refractivity contribution in [3.05, 3.63) is 41.5 Å². The number of allylic oxidation sites excluding steroid dienone is 2. The zero-order chi connectivity index (χ0) is 18.6. The van der Waals surface area contributed by atoms with Crippen LogP contribution in [0.5, 0.6) is 0 Å². The van der Waals surface area contributed by atoms with Crippen molar-refractivity contribution in [3.8, 4) is 0 Å². The van der Waals surface area contributed by atoms with E-state index in [1.807, 2.05) is 18.2 Å². The average Bonchev–Trinajstić information content (AvgIpc) is 3.00. The van der Waals surface area contributed by atoms with Gasteiger partial charge in [0.25, 0.3) is 0 Å². The summed E-state index contributed by atoms with van der Waals surface area (Å²) in [5.41, 5.74) is 0.987. The second kappa shape index (κ2) is 7.64. The maximum absolute atomic E-state index is 12.7. The molecule has 0 unspecified atom stereocenters. The molecule has 0 N–H and O–H groups in total. The molecule has 1 aliphatic rings. The van der Waals surface area contributed by atoms with Crippen molar-refractivity contribution in [3.63, 3.8) is 0 Å². The van der Waals surface area contributed by atoms with E-state index in [1.54, 1.807) is 39.8 Å². The molecule has 0 fully saturated rings. The van der Waals surface area contributed by atoms with Crippen LogP contribution in [0.15, 0.2) is 30.3 Å². The third-order valence-corrected chi connectivity index (χ3v) is 4.07. The van der Waals surface area contributed by atoms with Gasteiger partial charge in [-0.2, -0.15) is 0 Å². The third kappa shape index (κ3) is 4.16. The number of aldehydes is 1. The summed E-state index contributed by atoms with van der Waals surface area (Å²) < 4.78 is 10.7. The highest BCUT2D eigenvalue weighted by molar-refractivity contribution is 6.03. The Bertz CT molecular complexity index is 661. The predicted octanol–water partition coefficient (Wildman–Crippen LogP) is 3.57. The molecular formula is C20H24O5. The number of ether oxygens (including phenoxy) is 2. The molecule has 1 aromatic carbocycles. The van der Waals surface area contributed by atoms with E-state index in [2.05, 4.69) is 0 Å². The lowest BCUT2D eigenvalue weighted by molar-refractivity contribution is -0.176. The fourth-order valence-corrected chi connectivity index (χ4v) is 2.81. The second-order valence-electron chi connectivity index (χ2n) is 6.84. The molecule has 0 heterocycles. The van der Waals surface area contributed by atoms with Gasteiger partial charge in [-0.3, -0.25) is 14.4 Å². The number of esters is 2. The highest BCUT2D eigenvalue weighted by Crippen LogP contribution is 2.44. The van der Waals surface area contributed by atoms with Crippen molar-refractivity contribution in [2.45, 2.75) is 52.7 Å². The van der Waals surface area contributed by atoms with Gasteiger partial charge >= 0.3 is 11.9 Å². The van der Waals surface area contributed by atoms with E-state index in [-0.39, 0.29) is 25.0 Å². The summed E-state index contributed by atoms with van der Waals surface area (Å²) in [7, 11) is 0. The summed E-state index contributed by atoms with van der Waals surface area (Å²) >= 11 is 0. The Hall–Kier alpha value is -2.43. The Morgan fingerprint density at radius 1 is 1.00 bits per heavy atom. The van der Waals surface area contributed by atoms with Crippen LogP contribution in [0.2, 0.25) is 0 Å². The first-order chi connectivity index (χ1) is 11.8. The molecule has 25 heavy (non-hydrogen) atoms. The van der Waals surface area contributed by atoms with Gasteiger partial charge in [0.15, 0.2) is 5.41 Å². The maximum atomic E-state index is 12.7. The van der Waals surface area contributed by atoms with Gasteiger partial charge < -0.3 is 9.47 Å². The Kier molecular flexibility index (Phi) is 5.77. The van der Waals surface area contributed by atoms with Crippen molar-refractivity contribution in [1.82, 2.24) is 0 Å². The first-order valence-electron chi connectivity index (χ1n) is 8.45. The molecule has 0 amide bonds. The number of benzene rings is 1. The van der Waals surface area contributed by atoms with Crippen molar-refractivity contribution in [1.29, 1.82) is 0 Å². The average molecular weight is 344 g/mol. The van der Waals surface area contributed by atoms with Crippen LogP contribution in [0.3, 0.4) is 0 Å². The molecule has 0 spiro atoms. The molecule has 1 aromatic rings. The number of hydrogen-bond donors (Lipinski definition) is 0. The fraction of sp³-hybridized carbons (Fsp3) is 0.450. The first kappa shape index (κ1) is 18.9. The third-order valence-electron chi connectivity index (χ3n) is 4.07. The van der Waals surface area contributed by atoms with E-state index in [9.17, 15) is 14.4 Å². The Labute approximate surface area is 148 Å². The molecule has 0 radical (unpaired) electrons. The van der Waals surface area contributed by atoms with Crippen LogP contribution in [-0.4, -0.2) is 30.4 Å². The molecule has 2 rings (SSSR count). The summed E-state index contributed by atoms with van der Waals surface area (Å²) in [6.45, 7) is 7.00. The minimum Gasteiger partial charge on any atom is -0.462 e. The molecule has 0 saturated carbocycles. The summed E-state index contributed by atoms with van der Waals surface area (Å²) in [5.74, 6) is -1.10. The molecule has 5 nitrogen and oxygen atoms in total. The first-order valence-corrected chi connectivity index (χ1v) is 8.45. The van der Waals surface area contributed by atoms with Gasteiger partial charge in [0.2, 0.25) is 0 Å². The number of carbonyl (C=O) groups is 3. The summed E-state index contributed by atoms with van der Waals surface area (Å²) in [5, 5.41) is 0. The lowest BCUT2D eigenvalue weighted by Gasteiger charge is -2.27. The van der Waals surface area contributed by atoms with E-state index in [0.717, 1.165) is 17.4 Å². The molecule has 0 aromatic heterocycles. The summed E-state index contributed by atoms with van der Waals surface area (Å²) in [6.07, 6.45) is 2.50. The van der Waals surface area contributed by atoms with E-state index in [0.29, 0.717) is 5.56 Å². The van der Waals surface area contributed by atoms with Crippen LogP contribution < -0.4 is 0 Å². The molecular weight excluding hydrogens is 320 g/mol. The Morgan fingerprint density at radius 3 is 1.96 bits per heavy atom. The van der Waals surface area contributed by atoms with Gasteiger partial charge in [-0.15, -0.1) is 0 Å². The van der Waals surface area contributed by atoms with Crippen LogP contribution in [0.25, 0.3) is 5.57 Å². The van der Waals surface area contributed by atoms with Crippen molar-refractivity contribution in [2.24, 2.45) is 5.41 Å². The van der Waals surface area contributed by atoms with E-state index in [1.165, 1.54) is 0 Å². The summed E-state index contributed by atoms with van der Waals surface area (Å²) in [6, 6.07) is 7.05. The molecule has 0 aliphatic heterocycles. The molecule has 1 aliphatic carbocycles. The zero-order valence-corrected chi connectivity index (χ0v) is 15.1. The predicted molar refractivity (Wildman–Crippen MR) is 93.9 cm³/mol. The molecule has 0 saturated heterocycles. The molecule has 134 valence electrons. The van der Waals surface area contributed by atoms with Crippen molar-refractivity contribution < 1.29 is 23.9 Å². The van der Waals surface area contributed by atoms with Crippen LogP contribution >= 0.6 is 0 Å². The van der Waals surface area contributed by atoms with Gasteiger partial charge in [-0.25, -0.2) is 0 Å². The highest BCUT2D eigenvalue weighted by atomic mass is 16.6. The minimum atomic E-state index is -1.34. The highest BCUT2D eigenvalue weighted by Gasteiger charge is 2.52. The lowest BCUT2D eigenvalue weighted by atomic mass is 9.83. The largest absolute Gasteiger partial charge is 0.462 e. The number of carbonyl (C=O) groups excluding carboxylic acids is 3. The SMILES string of the molecule is CC(C)OC(=O)C1(C(=O)OC(C)C)CC=C(c2ccc(C=O)cc2)C1. The zero-order valence-electron chi connectivity index (χ0n) is 15.1. The molecule has 5 heteroatoms. The lowest BCUT2D eigenvalue weighted by Crippen LogP contribution is -2.42. The molecule has 0 atom stereocenters. The second-order valence-corrected chi connectivity index (χ2v) is 6.84. The van der Waals surface area contributed by atoms with Crippen LogP contribution in [0, 0.1) is 5.41 Å². The Morgan fingerprint density at radius 2 is 1.52 bits per heavy atom. The topological polar surface area (TPSA) is 69.7 Å². The van der Waals surface area contributed by atoms with Gasteiger partial charge in [0, 0.05) is 5.56 Å². The number of rotatable bonds is 6. The van der Waals surface area contributed by atoms with Gasteiger partial charge in [-0.1, -0.05) is 30.3 Å². The Balaban J connectivity index is 2.28. The van der Waals surface area contributed by atoms with Crippen molar-refractivity contribution in [2.75, 3.05) is 0 Å². The fourth-order valence-electron chi connectivity index (χ4n) is 2.81. The smallest absolute Gasteiger partial charge is 0.324 e. The van der Waals surface area contributed by atoms with E-state index >= 15 is 0 Å².